The van der Waals surface area contributed by atoms with Crippen LogP contribution in [0.4, 0.5) is 17.6 Å². The van der Waals surface area contributed by atoms with Crippen molar-refractivity contribution < 1.29 is 36.6 Å². The number of rotatable bonds is 6. The summed E-state index contributed by atoms with van der Waals surface area (Å²) in [6.45, 7) is 3.06. The molecule has 5 nitrogen and oxygen atoms in total. The van der Waals surface area contributed by atoms with Gasteiger partial charge in [0.1, 0.15) is 11.3 Å². The number of benzene rings is 1. The van der Waals surface area contributed by atoms with Crippen molar-refractivity contribution in [3.05, 3.63) is 51.6 Å². The number of alkyl halides is 3. The third-order valence-corrected chi connectivity index (χ3v) is 5.31. The molecule has 0 saturated heterocycles. The Morgan fingerprint density at radius 2 is 1.81 bits per heavy atom. The number of unbranched alkanes of at least 4 members (excludes halogenated alkanes) is 1. The molecular formula is C22H20ClF4NO4. The summed E-state index contributed by atoms with van der Waals surface area (Å²) >= 11 is 6.05. The summed E-state index contributed by atoms with van der Waals surface area (Å²) in [5.74, 6) is -3.45. The van der Waals surface area contributed by atoms with E-state index in [2.05, 4.69) is 4.74 Å². The van der Waals surface area contributed by atoms with Crippen molar-refractivity contribution in [3.8, 4) is 0 Å². The van der Waals surface area contributed by atoms with E-state index in [0.717, 1.165) is 11.5 Å². The van der Waals surface area contributed by atoms with E-state index in [1.54, 1.807) is 0 Å². The SMILES string of the molecule is CCCCc1c(F)c2ccc(Cl)cc2c2c(C(=O)OCC)c(C(F)(F)F)c(C(=O)OC)n12. The highest BCUT2D eigenvalue weighted by Crippen LogP contribution is 2.43. The fraction of sp³-hybridized carbons (Fsp3) is 0.364. The van der Waals surface area contributed by atoms with Crippen molar-refractivity contribution >= 4 is 39.8 Å². The minimum absolute atomic E-state index is 0.0234. The second kappa shape index (κ2) is 8.97. The minimum Gasteiger partial charge on any atom is -0.464 e. The van der Waals surface area contributed by atoms with Gasteiger partial charge in [0.25, 0.3) is 0 Å². The molecule has 0 atom stereocenters. The van der Waals surface area contributed by atoms with Crippen LogP contribution in [-0.2, 0) is 22.1 Å². The summed E-state index contributed by atoms with van der Waals surface area (Å²) in [5, 5.41) is 0.0319. The molecule has 3 rings (SSSR count). The van der Waals surface area contributed by atoms with E-state index in [4.69, 9.17) is 16.3 Å². The number of carbonyl (C=O) groups is 2. The molecule has 3 aromatic rings. The van der Waals surface area contributed by atoms with Crippen LogP contribution in [0.15, 0.2) is 18.2 Å². The van der Waals surface area contributed by atoms with Crippen molar-refractivity contribution in [1.29, 1.82) is 0 Å². The van der Waals surface area contributed by atoms with Gasteiger partial charge in [-0.25, -0.2) is 14.0 Å². The van der Waals surface area contributed by atoms with Gasteiger partial charge < -0.3 is 13.9 Å². The number of carbonyl (C=O) groups excluding carboxylic acids is 2. The zero-order chi connectivity index (χ0) is 23.8. The second-order valence-corrected chi connectivity index (χ2v) is 7.48. The molecule has 0 saturated carbocycles. The summed E-state index contributed by atoms with van der Waals surface area (Å²) in [6, 6.07) is 3.98. The number of halogens is 5. The third kappa shape index (κ3) is 3.90. The number of pyridine rings is 1. The number of nitrogens with zero attached hydrogens (tertiary/aromatic N) is 1. The first-order valence-electron chi connectivity index (χ1n) is 9.88. The molecule has 0 amide bonds. The molecule has 2 heterocycles. The number of esters is 2. The Kier molecular flexibility index (Phi) is 6.69. The lowest BCUT2D eigenvalue weighted by molar-refractivity contribution is -0.138. The minimum atomic E-state index is -5.14. The van der Waals surface area contributed by atoms with Gasteiger partial charge in [-0.05, 0) is 38.0 Å². The van der Waals surface area contributed by atoms with Gasteiger partial charge in [-0.15, -0.1) is 0 Å². The molecule has 172 valence electrons. The standard InChI is InChI=1S/C22H20ClF4NO4/c1-4-6-7-14-17(24)12-9-8-11(23)10-13(12)18-15(20(29)32-5-2)16(22(25,26)27)19(28(14)18)21(30)31-3/h8-10H,4-7H2,1-3H3. The van der Waals surface area contributed by atoms with Crippen LogP contribution >= 0.6 is 11.6 Å². The summed E-state index contributed by atoms with van der Waals surface area (Å²) in [6.07, 6.45) is -4.07. The molecule has 2 aromatic heterocycles. The van der Waals surface area contributed by atoms with E-state index < -0.39 is 40.8 Å². The third-order valence-electron chi connectivity index (χ3n) is 5.08. The van der Waals surface area contributed by atoms with Crippen LogP contribution in [0, 0.1) is 5.82 Å². The molecule has 0 spiro atoms. The van der Waals surface area contributed by atoms with Gasteiger partial charge in [-0.3, -0.25) is 0 Å². The smallest absolute Gasteiger partial charge is 0.419 e. The number of methoxy groups -OCH3 is 1. The maximum Gasteiger partial charge on any atom is 0.419 e. The highest BCUT2D eigenvalue weighted by molar-refractivity contribution is 6.31. The van der Waals surface area contributed by atoms with Gasteiger partial charge >= 0.3 is 18.1 Å². The van der Waals surface area contributed by atoms with Crippen LogP contribution in [0.5, 0.6) is 0 Å². The number of aromatic nitrogens is 1. The molecule has 0 aliphatic rings. The van der Waals surface area contributed by atoms with E-state index in [0.29, 0.717) is 12.8 Å². The Bertz CT molecular complexity index is 1220. The predicted octanol–water partition coefficient (Wildman–Crippen LogP) is 6.21. The number of ether oxygens (including phenoxy) is 2. The van der Waals surface area contributed by atoms with Crippen molar-refractivity contribution in [2.45, 2.75) is 39.3 Å². The molecule has 0 aliphatic heterocycles. The van der Waals surface area contributed by atoms with Crippen molar-refractivity contribution in [2.75, 3.05) is 13.7 Å². The zero-order valence-electron chi connectivity index (χ0n) is 17.5. The molecule has 0 N–H and O–H groups in total. The number of hydrogen-bond acceptors (Lipinski definition) is 4. The quantitative estimate of drug-likeness (QED) is 0.315. The van der Waals surface area contributed by atoms with Crippen LogP contribution < -0.4 is 0 Å². The van der Waals surface area contributed by atoms with E-state index in [1.807, 2.05) is 6.92 Å². The molecule has 1 aromatic carbocycles. The molecule has 0 aliphatic carbocycles. The van der Waals surface area contributed by atoms with Crippen molar-refractivity contribution in [1.82, 2.24) is 4.40 Å². The Morgan fingerprint density at radius 3 is 2.38 bits per heavy atom. The summed E-state index contributed by atoms with van der Waals surface area (Å²) in [5.41, 5.74) is -3.87. The fourth-order valence-electron chi connectivity index (χ4n) is 3.79. The fourth-order valence-corrected chi connectivity index (χ4v) is 3.96. The molecule has 0 bridgehead atoms. The largest absolute Gasteiger partial charge is 0.464 e. The van der Waals surface area contributed by atoms with Gasteiger partial charge in [-0.2, -0.15) is 13.2 Å². The van der Waals surface area contributed by atoms with Crippen LogP contribution in [0.3, 0.4) is 0 Å². The van der Waals surface area contributed by atoms with Crippen molar-refractivity contribution in [2.24, 2.45) is 0 Å². The molecule has 10 heteroatoms. The molecule has 0 radical (unpaired) electrons. The van der Waals surface area contributed by atoms with Crippen molar-refractivity contribution in [3.63, 3.8) is 0 Å². The summed E-state index contributed by atoms with van der Waals surface area (Å²) in [7, 11) is 0.909. The number of fused-ring (bicyclic) bond motifs is 3. The lowest BCUT2D eigenvalue weighted by Gasteiger charge is -2.14. The van der Waals surface area contributed by atoms with Gasteiger partial charge in [-0.1, -0.05) is 24.9 Å². The maximum absolute atomic E-state index is 15.6. The van der Waals surface area contributed by atoms with Gasteiger partial charge in [0.2, 0.25) is 0 Å². The molecular weight excluding hydrogens is 454 g/mol. The normalized spacial score (nSPS) is 11.9. The number of hydrogen-bond donors (Lipinski definition) is 0. The Morgan fingerprint density at radius 1 is 1.12 bits per heavy atom. The highest BCUT2D eigenvalue weighted by atomic mass is 35.5. The van der Waals surface area contributed by atoms with Gasteiger partial charge in [0.15, 0.2) is 5.82 Å². The first-order valence-corrected chi connectivity index (χ1v) is 10.3. The molecule has 0 unspecified atom stereocenters. The lowest BCUT2D eigenvalue weighted by atomic mass is 10.0. The topological polar surface area (TPSA) is 57.0 Å². The zero-order valence-corrected chi connectivity index (χ0v) is 18.3. The van der Waals surface area contributed by atoms with E-state index in [9.17, 15) is 22.8 Å². The van der Waals surface area contributed by atoms with Crippen LogP contribution in [0.25, 0.3) is 16.3 Å². The molecule has 32 heavy (non-hydrogen) atoms. The van der Waals surface area contributed by atoms with Gasteiger partial charge in [0.05, 0.1) is 30.5 Å². The van der Waals surface area contributed by atoms with E-state index in [-0.39, 0.29) is 40.0 Å². The highest BCUT2D eigenvalue weighted by Gasteiger charge is 2.45. The van der Waals surface area contributed by atoms with Crippen LogP contribution in [0.1, 0.15) is 58.8 Å². The Balaban J connectivity index is 2.72. The first kappa shape index (κ1) is 23.8. The monoisotopic (exact) mass is 473 g/mol. The lowest BCUT2D eigenvalue weighted by Crippen LogP contribution is -2.18. The van der Waals surface area contributed by atoms with Crippen LogP contribution in [0.2, 0.25) is 5.02 Å². The summed E-state index contributed by atoms with van der Waals surface area (Å²) in [4.78, 5) is 25.4. The van der Waals surface area contributed by atoms with E-state index in [1.165, 1.54) is 25.1 Å². The number of aryl methyl sites for hydroxylation is 1. The van der Waals surface area contributed by atoms with Gasteiger partial charge in [0, 0.05) is 15.8 Å². The average Bonchev–Trinajstić information content (AvgIpc) is 3.10. The maximum atomic E-state index is 15.6. The van der Waals surface area contributed by atoms with Crippen LogP contribution in [-0.4, -0.2) is 30.1 Å². The Hall–Kier alpha value is -2.81. The predicted molar refractivity (Wildman–Crippen MR) is 111 cm³/mol. The molecule has 0 fully saturated rings. The van der Waals surface area contributed by atoms with E-state index >= 15 is 4.39 Å². The second-order valence-electron chi connectivity index (χ2n) is 7.05. The first-order chi connectivity index (χ1) is 15.1. The average molecular weight is 474 g/mol. The summed E-state index contributed by atoms with van der Waals surface area (Å²) < 4.78 is 68.7. The Labute approximate surface area is 185 Å².